The zero-order valence-electron chi connectivity index (χ0n) is 21.2. The number of aromatic nitrogens is 3. The average Bonchev–Trinajstić information content (AvgIpc) is 3.57. The Morgan fingerprint density at radius 3 is 2.63 bits per heavy atom. The first-order chi connectivity index (χ1) is 18.3. The number of nitrogens with zero attached hydrogens (tertiary/aromatic N) is 4. The standard InChI is InChI=1S/C27H30N6O5/c1-16-14-27-21(20(26(16,2)38-27)23(35)29-17-8-4-3-5-9-17)25(37)32(12-13-34)22(27)24(36)28-15-33-19-11-7-6-10-18(19)30-31-33/h3-11,16,20-22,34H,12-15H2,1-2H3,(H,28,36)(H,29,35)/t16?,20-,21+,22?,26+,27?/m1/s1. The molecule has 3 aliphatic heterocycles. The molecule has 11 heteroatoms. The monoisotopic (exact) mass is 518 g/mol. The van der Waals surface area contributed by atoms with Gasteiger partial charge in [0.2, 0.25) is 17.7 Å². The largest absolute Gasteiger partial charge is 0.395 e. The number of para-hydroxylation sites is 2. The molecule has 6 atom stereocenters. The number of aliphatic hydroxyl groups is 1. The number of anilines is 1. The van der Waals surface area contributed by atoms with Crippen LogP contribution >= 0.6 is 0 Å². The summed E-state index contributed by atoms with van der Waals surface area (Å²) in [6, 6.07) is 15.5. The van der Waals surface area contributed by atoms with E-state index in [1.807, 2.05) is 56.3 Å². The summed E-state index contributed by atoms with van der Waals surface area (Å²) < 4.78 is 8.21. The highest BCUT2D eigenvalue weighted by atomic mass is 16.5. The topological polar surface area (TPSA) is 139 Å². The van der Waals surface area contributed by atoms with Crippen molar-refractivity contribution in [3.63, 3.8) is 0 Å². The normalized spacial score (nSPS) is 31.6. The summed E-state index contributed by atoms with van der Waals surface area (Å²) in [5.74, 6) is -2.81. The molecule has 1 aromatic heterocycles. The fourth-order valence-electron chi connectivity index (χ4n) is 6.81. The summed E-state index contributed by atoms with van der Waals surface area (Å²) >= 11 is 0. The molecule has 0 radical (unpaired) electrons. The Hall–Kier alpha value is -3.83. The predicted octanol–water partition coefficient (Wildman–Crippen LogP) is 1.15. The first-order valence-electron chi connectivity index (χ1n) is 12.8. The SMILES string of the molecule is CC1CC23O[C@]1(C)[C@@H](C(=O)Nc1ccccc1)[C@H]2C(=O)N(CCO)C3C(=O)NCn1nnc2ccccc21. The molecule has 4 heterocycles. The molecule has 3 aromatic rings. The molecule has 3 amide bonds. The van der Waals surface area contributed by atoms with E-state index in [-0.39, 0.29) is 37.6 Å². The number of aliphatic hydroxyl groups excluding tert-OH is 1. The Morgan fingerprint density at radius 2 is 1.87 bits per heavy atom. The molecule has 0 aliphatic carbocycles. The maximum atomic E-state index is 13.8. The van der Waals surface area contributed by atoms with Gasteiger partial charge in [0.15, 0.2) is 0 Å². The number of hydrogen-bond acceptors (Lipinski definition) is 7. The highest BCUT2D eigenvalue weighted by Gasteiger charge is 2.79. The fraction of sp³-hybridized carbons (Fsp3) is 0.444. The molecule has 38 heavy (non-hydrogen) atoms. The van der Waals surface area contributed by atoms with Crippen LogP contribution in [-0.2, 0) is 25.8 Å². The van der Waals surface area contributed by atoms with Gasteiger partial charge in [-0.1, -0.05) is 42.5 Å². The highest BCUT2D eigenvalue weighted by molar-refractivity contribution is 6.02. The number of hydrogen-bond donors (Lipinski definition) is 3. The zero-order valence-corrected chi connectivity index (χ0v) is 21.2. The number of amides is 3. The Kier molecular flexibility index (Phi) is 5.73. The van der Waals surface area contributed by atoms with Crippen molar-refractivity contribution in [3.05, 3.63) is 54.6 Å². The maximum Gasteiger partial charge on any atom is 0.247 e. The van der Waals surface area contributed by atoms with Crippen molar-refractivity contribution in [2.24, 2.45) is 17.8 Å². The van der Waals surface area contributed by atoms with Gasteiger partial charge >= 0.3 is 0 Å². The molecule has 1 spiro atoms. The predicted molar refractivity (Wildman–Crippen MR) is 136 cm³/mol. The number of benzene rings is 2. The van der Waals surface area contributed by atoms with Gasteiger partial charge in [-0.25, -0.2) is 4.68 Å². The summed E-state index contributed by atoms with van der Waals surface area (Å²) in [6.45, 7) is 3.54. The lowest BCUT2D eigenvalue weighted by molar-refractivity contribution is -0.146. The van der Waals surface area contributed by atoms with Crippen molar-refractivity contribution < 1.29 is 24.2 Å². The quantitative estimate of drug-likeness (QED) is 0.426. The molecule has 11 nitrogen and oxygen atoms in total. The van der Waals surface area contributed by atoms with Gasteiger partial charge in [-0.05, 0) is 43.5 Å². The van der Waals surface area contributed by atoms with E-state index in [0.717, 1.165) is 5.52 Å². The molecule has 2 bridgehead atoms. The van der Waals surface area contributed by atoms with Crippen molar-refractivity contribution in [2.75, 3.05) is 18.5 Å². The molecule has 3 aliphatic rings. The molecule has 3 unspecified atom stereocenters. The van der Waals surface area contributed by atoms with Gasteiger partial charge in [0, 0.05) is 12.2 Å². The van der Waals surface area contributed by atoms with Gasteiger partial charge in [0.25, 0.3) is 0 Å². The van der Waals surface area contributed by atoms with Crippen LogP contribution in [0.3, 0.4) is 0 Å². The van der Waals surface area contributed by atoms with Crippen LogP contribution in [0.25, 0.3) is 11.0 Å². The van der Waals surface area contributed by atoms with Gasteiger partial charge in [0.05, 0.1) is 29.6 Å². The van der Waals surface area contributed by atoms with Crippen LogP contribution in [0, 0.1) is 17.8 Å². The Morgan fingerprint density at radius 1 is 1.13 bits per heavy atom. The van der Waals surface area contributed by atoms with E-state index < -0.39 is 35.0 Å². The van der Waals surface area contributed by atoms with Crippen LogP contribution in [0.2, 0.25) is 0 Å². The highest BCUT2D eigenvalue weighted by Crippen LogP contribution is 2.65. The number of ether oxygens (including phenoxy) is 1. The van der Waals surface area contributed by atoms with Gasteiger partial charge in [-0.3, -0.25) is 14.4 Å². The van der Waals surface area contributed by atoms with Crippen molar-refractivity contribution in [1.29, 1.82) is 0 Å². The smallest absolute Gasteiger partial charge is 0.247 e. The van der Waals surface area contributed by atoms with Gasteiger partial charge in [-0.2, -0.15) is 0 Å². The number of likely N-dealkylation sites (tertiary alicyclic amines) is 1. The molecule has 6 rings (SSSR count). The molecule has 198 valence electrons. The van der Waals surface area contributed by atoms with Gasteiger partial charge in [0.1, 0.15) is 23.8 Å². The molecule has 3 N–H and O–H groups in total. The lowest BCUT2D eigenvalue weighted by Gasteiger charge is -2.36. The van der Waals surface area contributed by atoms with E-state index in [4.69, 9.17) is 4.74 Å². The minimum Gasteiger partial charge on any atom is -0.395 e. The second-order valence-corrected chi connectivity index (χ2v) is 10.6. The van der Waals surface area contributed by atoms with Crippen molar-refractivity contribution in [1.82, 2.24) is 25.2 Å². The minimum absolute atomic E-state index is 0.0388. The van der Waals surface area contributed by atoms with Crippen LogP contribution in [-0.4, -0.2) is 73.1 Å². The summed E-state index contributed by atoms with van der Waals surface area (Å²) in [5, 5.41) is 23.8. The van der Waals surface area contributed by atoms with Crippen LogP contribution in [0.4, 0.5) is 5.69 Å². The lowest BCUT2D eigenvalue weighted by atomic mass is 9.62. The number of fused-ring (bicyclic) bond motifs is 2. The second-order valence-electron chi connectivity index (χ2n) is 10.6. The third-order valence-corrected chi connectivity index (χ3v) is 8.55. The molecule has 3 fully saturated rings. The number of rotatable bonds is 7. The molecule has 3 saturated heterocycles. The second kappa shape index (κ2) is 8.88. The summed E-state index contributed by atoms with van der Waals surface area (Å²) in [7, 11) is 0. The summed E-state index contributed by atoms with van der Waals surface area (Å²) in [5.41, 5.74) is -0.0308. The lowest BCUT2D eigenvalue weighted by Crippen LogP contribution is -2.56. The molecule has 0 saturated carbocycles. The average molecular weight is 519 g/mol. The third kappa shape index (κ3) is 3.45. The Bertz CT molecular complexity index is 1410. The van der Waals surface area contributed by atoms with Crippen LogP contribution in [0.1, 0.15) is 20.3 Å². The number of nitrogens with one attached hydrogen (secondary N) is 2. The number of carbonyl (C=O) groups is 3. The van der Waals surface area contributed by atoms with Crippen molar-refractivity contribution >= 4 is 34.4 Å². The first kappa shape index (κ1) is 24.5. The van der Waals surface area contributed by atoms with E-state index >= 15 is 0 Å². The van der Waals surface area contributed by atoms with Crippen molar-refractivity contribution in [3.8, 4) is 0 Å². The van der Waals surface area contributed by atoms with E-state index in [1.54, 1.807) is 16.8 Å². The fourth-order valence-corrected chi connectivity index (χ4v) is 6.81. The molecule has 2 aromatic carbocycles. The van der Waals surface area contributed by atoms with Crippen LogP contribution in [0.15, 0.2) is 54.6 Å². The summed E-state index contributed by atoms with van der Waals surface area (Å²) in [6.07, 6.45) is 0.446. The van der Waals surface area contributed by atoms with E-state index in [1.165, 1.54) is 4.90 Å². The summed E-state index contributed by atoms with van der Waals surface area (Å²) in [4.78, 5) is 42.7. The van der Waals surface area contributed by atoms with Crippen LogP contribution < -0.4 is 10.6 Å². The third-order valence-electron chi connectivity index (χ3n) is 8.55. The number of carbonyl (C=O) groups excluding carboxylic acids is 3. The first-order valence-corrected chi connectivity index (χ1v) is 12.8. The van der Waals surface area contributed by atoms with Crippen LogP contribution in [0.5, 0.6) is 0 Å². The van der Waals surface area contributed by atoms with E-state index in [9.17, 15) is 19.5 Å². The minimum atomic E-state index is -1.19. The molecular weight excluding hydrogens is 488 g/mol. The van der Waals surface area contributed by atoms with Gasteiger partial charge in [-0.15, -0.1) is 5.10 Å². The zero-order chi connectivity index (χ0) is 26.7. The Balaban J connectivity index is 1.32. The van der Waals surface area contributed by atoms with Gasteiger partial charge < -0.3 is 25.4 Å². The maximum absolute atomic E-state index is 13.8. The number of β-amino-alcohol motifs (C(OH)–C–C–N with tert-alkyl or cyclic N) is 1. The Labute approximate surface area is 219 Å². The molecular formula is C27H30N6O5. The van der Waals surface area contributed by atoms with E-state index in [0.29, 0.717) is 17.6 Å². The van der Waals surface area contributed by atoms with Crippen molar-refractivity contribution in [2.45, 2.75) is 44.2 Å². The van der Waals surface area contributed by atoms with E-state index in [2.05, 4.69) is 20.9 Å².